The number of benzene rings is 1. The summed E-state index contributed by atoms with van der Waals surface area (Å²) in [6.07, 6.45) is 5.62. The summed E-state index contributed by atoms with van der Waals surface area (Å²) in [6.45, 7) is 3.37. The zero-order chi connectivity index (χ0) is 17.5. The first-order valence-electron chi connectivity index (χ1n) is 8.59. The van der Waals surface area contributed by atoms with Crippen molar-refractivity contribution in [2.45, 2.75) is 24.3 Å². The molecule has 1 fully saturated rings. The number of piperidine rings is 1. The molecule has 0 aliphatic carbocycles. The van der Waals surface area contributed by atoms with Crippen LogP contribution in [-0.4, -0.2) is 41.2 Å². The second-order valence-electron chi connectivity index (χ2n) is 6.07. The van der Waals surface area contributed by atoms with Crippen molar-refractivity contribution >= 4 is 23.4 Å². The summed E-state index contributed by atoms with van der Waals surface area (Å²) in [4.78, 5) is 19.2. The first kappa shape index (κ1) is 17.9. The monoisotopic (exact) mass is 359 g/mol. The van der Waals surface area contributed by atoms with Crippen LogP contribution in [0.1, 0.15) is 29.6 Å². The van der Waals surface area contributed by atoms with Crippen LogP contribution < -0.4 is 5.32 Å². The van der Waals surface area contributed by atoms with Gasteiger partial charge in [0.2, 0.25) is 0 Å². The number of rotatable bonds is 6. The molecule has 132 valence electrons. The number of hydrogen-bond acceptors (Lipinski definition) is 4. The van der Waals surface area contributed by atoms with Gasteiger partial charge < -0.3 is 10.2 Å². The van der Waals surface area contributed by atoms with E-state index in [0.29, 0.717) is 11.3 Å². The van der Waals surface area contributed by atoms with Gasteiger partial charge in [0.1, 0.15) is 10.8 Å². The molecular formula is C19H22FN3OS. The zero-order valence-corrected chi connectivity index (χ0v) is 14.9. The molecule has 1 amide bonds. The molecule has 0 radical (unpaired) electrons. The van der Waals surface area contributed by atoms with Gasteiger partial charge in [-0.05, 0) is 56.3 Å². The predicted molar refractivity (Wildman–Crippen MR) is 99.6 cm³/mol. The van der Waals surface area contributed by atoms with Gasteiger partial charge in [-0.2, -0.15) is 0 Å². The summed E-state index contributed by atoms with van der Waals surface area (Å²) >= 11 is 1.64. The molecule has 2 aromatic rings. The Hall–Kier alpha value is -1.92. The molecule has 3 rings (SSSR count). The maximum Gasteiger partial charge on any atom is 0.255 e. The van der Waals surface area contributed by atoms with Crippen LogP contribution in [0.25, 0.3) is 0 Å². The second-order valence-corrected chi connectivity index (χ2v) is 7.15. The summed E-state index contributed by atoms with van der Waals surface area (Å²) in [6, 6.07) is 9.29. The average molecular weight is 359 g/mol. The van der Waals surface area contributed by atoms with E-state index < -0.39 is 5.82 Å². The highest BCUT2D eigenvalue weighted by atomic mass is 32.2. The lowest BCUT2D eigenvalue weighted by Gasteiger charge is -2.26. The number of carbonyl (C=O) groups is 1. The number of thioether (sulfide) groups is 1. The Morgan fingerprint density at radius 2 is 2.04 bits per heavy atom. The van der Waals surface area contributed by atoms with Crippen molar-refractivity contribution in [3.63, 3.8) is 0 Å². The third-order valence-electron chi connectivity index (χ3n) is 4.20. The van der Waals surface area contributed by atoms with E-state index >= 15 is 0 Å². The standard InChI is InChI=1S/C19H22FN3OS/c20-16-7-4-6-15(14-16)18(24)22-17-8-5-9-21-19(17)25-13-12-23-10-2-1-3-11-23/h4-9,14H,1-3,10-13H2,(H,22,24). The molecule has 4 nitrogen and oxygen atoms in total. The van der Waals surface area contributed by atoms with Crippen LogP contribution in [0.3, 0.4) is 0 Å². The van der Waals surface area contributed by atoms with Crippen molar-refractivity contribution < 1.29 is 9.18 Å². The Kier molecular flexibility index (Phi) is 6.42. The quantitative estimate of drug-likeness (QED) is 0.791. The SMILES string of the molecule is O=C(Nc1cccnc1SCCN1CCCCC1)c1cccc(F)c1. The molecule has 1 aliphatic heterocycles. The molecule has 1 aliphatic rings. The fraction of sp³-hybridized carbons (Fsp3) is 0.368. The summed E-state index contributed by atoms with van der Waals surface area (Å²) < 4.78 is 13.3. The van der Waals surface area contributed by atoms with Crippen molar-refractivity contribution in [3.8, 4) is 0 Å². The highest BCUT2D eigenvalue weighted by Gasteiger charge is 2.13. The van der Waals surface area contributed by atoms with Crippen molar-refractivity contribution in [2.24, 2.45) is 0 Å². The van der Waals surface area contributed by atoms with Gasteiger partial charge in [-0.25, -0.2) is 9.37 Å². The van der Waals surface area contributed by atoms with Crippen LogP contribution in [0.5, 0.6) is 0 Å². The Labute approximate surface area is 151 Å². The normalized spacial score (nSPS) is 15.1. The van der Waals surface area contributed by atoms with E-state index in [4.69, 9.17) is 0 Å². The van der Waals surface area contributed by atoms with Crippen LogP contribution in [0, 0.1) is 5.82 Å². The van der Waals surface area contributed by atoms with E-state index in [1.165, 1.54) is 50.6 Å². The molecule has 0 spiro atoms. The number of pyridine rings is 1. The number of amides is 1. The van der Waals surface area contributed by atoms with E-state index in [2.05, 4.69) is 15.2 Å². The van der Waals surface area contributed by atoms with Gasteiger partial charge in [0, 0.05) is 24.1 Å². The number of likely N-dealkylation sites (tertiary alicyclic amines) is 1. The Bertz CT molecular complexity index is 719. The van der Waals surface area contributed by atoms with Crippen LogP contribution in [0.2, 0.25) is 0 Å². The highest BCUT2D eigenvalue weighted by molar-refractivity contribution is 7.99. The maximum atomic E-state index is 13.3. The van der Waals surface area contributed by atoms with Crippen molar-refractivity contribution in [1.82, 2.24) is 9.88 Å². The summed E-state index contributed by atoms with van der Waals surface area (Å²) in [5, 5.41) is 3.64. The minimum absolute atomic E-state index is 0.299. The van der Waals surface area contributed by atoms with Crippen LogP contribution in [0.4, 0.5) is 10.1 Å². The molecule has 0 bridgehead atoms. The van der Waals surface area contributed by atoms with Gasteiger partial charge in [-0.1, -0.05) is 12.5 Å². The summed E-state index contributed by atoms with van der Waals surface area (Å²) in [7, 11) is 0. The molecule has 6 heteroatoms. The Morgan fingerprint density at radius 3 is 2.84 bits per heavy atom. The number of carbonyl (C=O) groups excluding carboxylic acids is 1. The number of hydrogen-bond donors (Lipinski definition) is 1. The molecular weight excluding hydrogens is 337 g/mol. The number of anilines is 1. The predicted octanol–water partition coefficient (Wildman–Crippen LogP) is 4.05. The average Bonchev–Trinajstić information content (AvgIpc) is 2.64. The molecule has 1 aromatic heterocycles. The van der Waals surface area contributed by atoms with Crippen LogP contribution in [-0.2, 0) is 0 Å². The van der Waals surface area contributed by atoms with Gasteiger partial charge >= 0.3 is 0 Å². The minimum Gasteiger partial charge on any atom is -0.320 e. The molecule has 1 saturated heterocycles. The maximum absolute atomic E-state index is 13.3. The molecule has 25 heavy (non-hydrogen) atoms. The fourth-order valence-electron chi connectivity index (χ4n) is 2.88. The molecule has 0 atom stereocenters. The van der Waals surface area contributed by atoms with Crippen molar-refractivity contribution in [1.29, 1.82) is 0 Å². The molecule has 2 heterocycles. The Morgan fingerprint density at radius 1 is 1.20 bits per heavy atom. The van der Waals surface area contributed by atoms with Gasteiger partial charge in [0.05, 0.1) is 5.69 Å². The smallest absolute Gasteiger partial charge is 0.255 e. The zero-order valence-electron chi connectivity index (χ0n) is 14.1. The van der Waals surface area contributed by atoms with Gasteiger partial charge in [0.25, 0.3) is 5.91 Å². The van der Waals surface area contributed by atoms with E-state index in [9.17, 15) is 9.18 Å². The van der Waals surface area contributed by atoms with E-state index in [0.717, 1.165) is 17.3 Å². The van der Waals surface area contributed by atoms with E-state index in [-0.39, 0.29) is 5.91 Å². The first-order valence-corrected chi connectivity index (χ1v) is 9.58. The van der Waals surface area contributed by atoms with E-state index in [1.54, 1.807) is 30.1 Å². The van der Waals surface area contributed by atoms with Crippen molar-refractivity contribution in [2.75, 3.05) is 30.7 Å². The van der Waals surface area contributed by atoms with Crippen LogP contribution >= 0.6 is 11.8 Å². The first-order chi connectivity index (χ1) is 12.2. The molecule has 0 saturated carbocycles. The van der Waals surface area contributed by atoms with Crippen molar-refractivity contribution in [3.05, 3.63) is 54.0 Å². The third kappa shape index (κ3) is 5.28. The number of aromatic nitrogens is 1. The molecule has 0 unspecified atom stereocenters. The number of halogens is 1. The molecule has 1 aromatic carbocycles. The lowest BCUT2D eigenvalue weighted by molar-refractivity contribution is 0.102. The topological polar surface area (TPSA) is 45.2 Å². The fourth-order valence-corrected chi connectivity index (χ4v) is 3.83. The van der Waals surface area contributed by atoms with Gasteiger partial charge in [0.15, 0.2) is 0 Å². The van der Waals surface area contributed by atoms with Crippen LogP contribution in [0.15, 0.2) is 47.6 Å². The highest BCUT2D eigenvalue weighted by Crippen LogP contribution is 2.25. The van der Waals surface area contributed by atoms with Gasteiger partial charge in [-0.3, -0.25) is 4.79 Å². The second kappa shape index (κ2) is 8.97. The third-order valence-corrected chi connectivity index (χ3v) is 5.19. The largest absolute Gasteiger partial charge is 0.320 e. The number of nitrogens with one attached hydrogen (secondary N) is 1. The molecule has 1 N–H and O–H groups in total. The van der Waals surface area contributed by atoms with Gasteiger partial charge in [-0.15, -0.1) is 11.8 Å². The summed E-state index contributed by atoms with van der Waals surface area (Å²) in [5.74, 6) is 0.181. The minimum atomic E-state index is -0.421. The lowest BCUT2D eigenvalue weighted by Crippen LogP contribution is -2.31. The lowest BCUT2D eigenvalue weighted by atomic mass is 10.1. The number of nitrogens with zero attached hydrogens (tertiary/aromatic N) is 2. The Balaban J connectivity index is 1.59. The summed E-state index contributed by atoms with van der Waals surface area (Å²) in [5.41, 5.74) is 0.966. The van der Waals surface area contributed by atoms with E-state index in [1.807, 2.05) is 6.07 Å².